The molecule has 1 fully saturated rings. The van der Waals surface area contributed by atoms with Crippen LogP contribution in [0.4, 0.5) is 5.13 Å². The highest BCUT2D eigenvalue weighted by Gasteiger charge is 2.21. The molecule has 10 heteroatoms. The van der Waals surface area contributed by atoms with Crippen LogP contribution in [0.5, 0.6) is 0 Å². The molecule has 1 aliphatic heterocycles. The van der Waals surface area contributed by atoms with Gasteiger partial charge in [-0.05, 0) is 19.1 Å². The minimum atomic E-state index is -0.478. The predicted molar refractivity (Wildman–Crippen MR) is 94.1 cm³/mol. The Balaban J connectivity index is 1.63. The summed E-state index contributed by atoms with van der Waals surface area (Å²) < 4.78 is 5.32. The average Bonchev–Trinajstić information content (AvgIpc) is 3.02. The first-order chi connectivity index (χ1) is 12.0. The van der Waals surface area contributed by atoms with Gasteiger partial charge in [0.15, 0.2) is 5.13 Å². The summed E-state index contributed by atoms with van der Waals surface area (Å²) >= 11 is 7.04. The number of aromatic nitrogens is 2. The quantitative estimate of drug-likeness (QED) is 0.616. The standard InChI is InChI=1S/C15H16ClN5O3S/c1-9-12(25-15(18-9)21-4-6-24-7-5-21)14(23)20-19-13(22)10-2-3-17-11(16)8-10/h2-3,8H,4-7H2,1H3,(H,19,22)(H,20,23). The predicted octanol–water partition coefficient (Wildman–Crippen LogP) is 1.41. The number of hydrogen-bond donors (Lipinski definition) is 2. The number of nitrogens with one attached hydrogen (secondary N) is 2. The van der Waals surface area contributed by atoms with E-state index in [0.717, 1.165) is 18.2 Å². The Kier molecular flexibility index (Phi) is 5.47. The second-order valence-electron chi connectivity index (χ2n) is 5.29. The number of anilines is 1. The summed E-state index contributed by atoms with van der Waals surface area (Å²) in [5.41, 5.74) is 5.68. The first-order valence-electron chi connectivity index (χ1n) is 7.57. The molecule has 132 valence electrons. The summed E-state index contributed by atoms with van der Waals surface area (Å²) in [6.07, 6.45) is 1.42. The molecule has 0 saturated carbocycles. The number of ether oxygens (including phenoxy) is 1. The molecule has 0 bridgehead atoms. The van der Waals surface area contributed by atoms with Gasteiger partial charge < -0.3 is 9.64 Å². The molecule has 2 aromatic heterocycles. The highest BCUT2D eigenvalue weighted by Crippen LogP contribution is 2.26. The van der Waals surface area contributed by atoms with Gasteiger partial charge in [0.05, 0.1) is 18.9 Å². The van der Waals surface area contributed by atoms with Crippen molar-refractivity contribution in [2.24, 2.45) is 0 Å². The maximum Gasteiger partial charge on any atom is 0.281 e. The summed E-state index contributed by atoms with van der Waals surface area (Å²) in [5.74, 6) is -0.892. The maximum absolute atomic E-state index is 12.3. The van der Waals surface area contributed by atoms with Crippen LogP contribution in [0.2, 0.25) is 5.15 Å². The van der Waals surface area contributed by atoms with Crippen LogP contribution in [-0.4, -0.2) is 48.1 Å². The molecule has 0 aliphatic carbocycles. The number of hydrazine groups is 1. The molecule has 2 aromatic rings. The van der Waals surface area contributed by atoms with Crippen LogP contribution in [-0.2, 0) is 4.74 Å². The fourth-order valence-electron chi connectivity index (χ4n) is 2.27. The number of pyridine rings is 1. The Bertz CT molecular complexity index is 791. The van der Waals surface area contributed by atoms with Crippen molar-refractivity contribution in [3.05, 3.63) is 39.6 Å². The third kappa shape index (κ3) is 4.25. The molecule has 0 spiro atoms. The van der Waals surface area contributed by atoms with E-state index >= 15 is 0 Å². The third-order valence-electron chi connectivity index (χ3n) is 3.55. The summed E-state index contributed by atoms with van der Waals surface area (Å²) in [6.45, 7) is 4.54. The van der Waals surface area contributed by atoms with Gasteiger partial charge in [0.2, 0.25) is 0 Å². The van der Waals surface area contributed by atoms with Crippen LogP contribution in [0, 0.1) is 6.92 Å². The Morgan fingerprint density at radius 3 is 2.72 bits per heavy atom. The number of rotatable bonds is 3. The van der Waals surface area contributed by atoms with E-state index in [0.29, 0.717) is 29.3 Å². The number of thiazole rings is 1. The fourth-order valence-corrected chi connectivity index (χ4v) is 3.46. The number of morpholine rings is 1. The van der Waals surface area contributed by atoms with E-state index in [4.69, 9.17) is 16.3 Å². The second-order valence-corrected chi connectivity index (χ2v) is 6.65. The van der Waals surface area contributed by atoms with Gasteiger partial charge >= 0.3 is 0 Å². The lowest BCUT2D eigenvalue weighted by molar-refractivity contribution is 0.0848. The zero-order valence-corrected chi connectivity index (χ0v) is 15.0. The van der Waals surface area contributed by atoms with E-state index in [2.05, 4.69) is 25.7 Å². The molecular formula is C15H16ClN5O3S. The smallest absolute Gasteiger partial charge is 0.281 e. The minimum Gasteiger partial charge on any atom is -0.378 e. The van der Waals surface area contributed by atoms with Gasteiger partial charge in [0.25, 0.3) is 11.8 Å². The number of nitrogens with zero attached hydrogens (tertiary/aromatic N) is 3. The maximum atomic E-state index is 12.3. The molecule has 2 amide bonds. The Labute approximate surface area is 153 Å². The lowest BCUT2D eigenvalue weighted by atomic mass is 10.2. The second kappa shape index (κ2) is 7.77. The van der Waals surface area contributed by atoms with Crippen molar-refractivity contribution in [2.75, 3.05) is 31.2 Å². The number of carbonyl (C=O) groups excluding carboxylic acids is 2. The van der Waals surface area contributed by atoms with Crippen LogP contribution < -0.4 is 15.8 Å². The molecular weight excluding hydrogens is 366 g/mol. The van der Waals surface area contributed by atoms with Crippen molar-refractivity contribution in [1.82, 2.24) is 20.8 Å². The molecule has 0 radical (unpaired) electrons. The Hall–Kier alpha value is -2.23. The zero-order chi connectivity index (χ0) is 17.8. The van der Waals surface area contributed by atoms with E-state index in [-0.39, 0.29) is 5.15 Å². The molecule has 0 atom stereocenters. The van der Waals surface area contributed by atoms with E-state index in [9.17, 15) is 9.59 Å². The first kappa shape index (κ1) is 17.6. The fraction of sp³-hybridized carbons (Fsp3) is 0.333. The molecule has 8 nitrogen and oxygen atoms in total. The number of aryl methyl sites for hydroxylation is 1. The molecule has 1 aliphatic rings. The van der Waals surface area contributed by atoms with Crippen LogP contribution >= 0.6 is 22.9 Å². The van der Waals surface area contributed by atoms with Gasteiger partial charge in [0, 0.05) is 24.8 Å². The number of hydrogen-bond acceptors (Lipinski definition) is 7. The largest absolute Gasteiger partial charge is 0.378 e. The van der Waals surface area contributed by atoms with Crippen molar-refractivity contribution >= 4 is 39.9 Å². The molecule has 25 heavy (non-hydrogen) atoms. The Morgan fingerprint density at radius 1 is 1.28 bits per heavy atom. The molecule has 3 heterocycles. The average molecular weight is 382 g/mol. The highest BCUT2D eigenvalue weighted by atomic mass is 35.5. The first-order valence-corrected chi connectivity index (χ1v) is 8.76. The van der Waals surface area contributed by atoms with Gasteiger partial charge in [-0.15, -0.1) is 0 Å². The number of carbonyl (C=O) groups is 2. The van der Waals surface area contributed by atoms with Gasteiger partial charge in [-0.3, -0.25) is 20.4 Å². The zero-order valence-electron chi connectivity index (χ0n) is 13.4. The van der Waals surface area contributed by atoms with E-state index in [1.165, 1.54) is 29.7 Å². The molecule has 0 aromatic carbocycles. The topological polar surface area (TPSA) is 96.5 Å². The van der Waals surface area contributed by atoms with E-state index in [1.807, 2.05) is 0 Å². The number of halogens is 1. The van der Waals surface area contributed by atoms with Gasteiger partial charge in [-0.2, -0.15) is 0 Å². The van der Waals surface area contributed by atoms with Crippen molar-refractivity contribution in [1.29, 1.82) is 0 Å². The summed E-state index contributed by atoms with van der Waals surface area (Å²) in [5, 5.41) is 0.977. The van der Waals surface area contributed by atoms with Crippen LogP contribution in [0.25, 0.3) is 0 Å². The van der Waals surface area contributed by atoms with Gasteiger partial charge in [0.1, 0.15) is 10.0 Å². The van der Waals surface area contributed by atoms with E-state index in [1.54, 1.807) is 6.92 Å². The number of amides is 2. The van der Waals surface area contributed by atoms with E-state index < -0.39 is 11.8 Å². The van der Waals surface area contributed by atoms with Crippen LogP contribution in [0.3, 0.4) is 0 Å². The van der Waals surface area contributed by atoms with Crippen LogP contribution in [0.15, 0.2) is 18.3 Å². The molecule has 1 saturated heterocycles. The normalized spacial score (nSPS) is 14.2. The summed E-state index contributed by atoms with van der Waals surface area (Å²) in [6, 6.07) is 2.92. The third-order valence-corrected chi connectivity index (χ3v) is 4.98. The summed E-state index contributed by atoms with van der Waals surface area (Å²) in [7, 11) is 0. The lowest BCUT2D eigenvalue weighted by Gasteiger charge is -2.25. The monoisotopic (exact) mass is 381 g/mol. The molecule has 0 unspecified atom stereocenters. The lowest BCUT2D eigenvalue weighted by Crippen LogP contribution is -2.41. The highest BCUT2D eigenvalue weighted by molar-refractivity contribution is 7.17. The Morgan fingerprint density at radius 2 is 2.00 bits per heavy atom. The van der Waals surface area contributed by atoms with Crippen molar-refractivity contribution in [2.45, 2.75) is 6.92 Å². The van der Waals surface area contributed by atoms with Crippen molar-refractivity contribution in [3.63, 3.8) is 0 Å². The molecule has 3 rings (SSSR count). The van der Waals surface area contributed by atoms with Crippen molar-refractivity contribution in [3.8, 4) is 0 Å². The minimum absolute atomic E-state index is 0.201. The summed E-state index contributed by atoms with van der Waals surface area (Å²) in [4.78, 5) is 35.1. The van der Waals surface area contributed by atoms with Gasteiger partial charge in [-0.1, -0.05) is 22.9 Å². The van der Waals surface area contributed by atoms with Gasteiger partial charge in [-0.25, -0.2) is 9.97 Å². The molecule has 2 N–H and O–H groups in total. The SMILES string of the molecule is Cc1nc(N2CCOCC2)sc1C(=O)NNC(=O)c1ccnc(Cl)c1. The van der Waals surface area contributed by atoms with Crippen molar-refractivity contribution < 1.29 is 14.3 Å². The van der Waals surface area contributed by atoms with Crippen LogP contribution in [0.1, 0.15) is 25.7 Å².